The van der Waals surface area contributed by atoms with Gasteiger partial charge in [-0.15, -0.1) is 0 Å². The van der Waals surface area contributed by atoms with Gasteiger partial charge < -0.3 is 14.4 Å². The number of halogens is 2. The van der Waals surface area contributed by atoms with Crippen molar-refractivity contribution in [2.45, 2.75) is 12.2 Å². The van der Waals surface area contributed by atoms with Gasteiger partial charge in [0.15, 0.2) is 0 Å². The minimum Gasteiger partial charge on any atom is -0.377 e. The molecule has 2 unspecified atom stereocenters. The first-order chi connectivity index (χ1) is 8.15. The zero-order valence-electron chi connectivity index (χ0n) is 9.69. The second-order valence-corrected chi connectivity index (χ2v) is 5.24. The summed E-state index contributed by atoms with van der Waals surface area (Å²) >= 11 is 9.52. The maximum absolute atomic E-state index is 6.18. The molecule has 2 atom stereocenters. The van der Waals surface area contributed by atoms with E-state index in [4.69, 9.17) is 21.1 Å². The molecule has 6 heteroatoms. The lowest BCUT2D eigenvalue weighted by Crippen LogP contribution is -2.27. The zero-order valence-corrected chi connectivity index (χ0v) is 12.0. The molecule has 0 saturated carbocycles. The van der Waals surface area contributed by atoms with Crippen LogP contribution >= 0.6 is 27.5 Å². The van der Waals surface area contributed by atoms with Crippen molar-refractivity contribution >= 4 is 33.3 Å². The van der Waals surface area contributed by atoms with Crippen LogP contribution in [0.3, 0.4) is 0 Å². The Kier molecular flexibility index (Phi) is 4.25. The van der Waals surface area contributed by atoms with Gasteiger partial charge >= 0.3 is 0 Å². The summed E-state index contributed by atoms with van der Waals surface area (Å²) in [7, 11) is 3.38. The third kappa shape index (κ3) is 2.73. The van der Waals surface area contributed by atoms with E-state index in [0.29, 0.717) is 5.02 Å². The van der Waals surface area contributed by atoms with E-state index in [0.717, 1.165) is 23.4 Å². The molecule has 1 aromatic rings. The highest BCUT2D eigenvalue weighted by atomic mass is 79.9. The van der Waals surface area contributed by atoms with Crippen LogP contribution in [-0.2, 0) is 9.47 Å². The lowest BCUT2D eigenvalue weighted by Gasteiger charge is -2.18. The summed E-state index contributed by atoms with van der Waals surface area (Å²) in [4.78, 5) is 6.41. The Bertz CT molecular complexity index is 393. The Morgan fingerprint density at radius 3 is 2.41 bits per heavy atom. The maximum atomic E-state index is 6.18. The lowest BCUT2D eigenvalue weighted by molar-refractivity contribution is -0.00461. The van der Waals surface area contributed by atoms with Gasteiger partial charge in [0.25, 0.3) is 0 Å². The maximum Gasteiger partial charge on any atom is 0.147 e. The quantitative estimate of drug-likeness (QED) is 0.856. The number of nitrogens with zero attached hydrogens (tertiary/aromatic N) is 2. The van der Waals surface area contributed by atoms with Crippen LogP contribution in [0, 0.1) is 0 Å². The number of ether oxygens (including phenoxy) is 2. The van der Waals surface area contributed by atoms with E-state index in [1.54, 1.807) is 20.4 Å². The standard InChI is InChI=1S/C11H14BrClN2O2/c1-16-9-5-15(6-10(9)17-2)11-8(13)3-7(12)4-14-11/h3-4,9-10H,5-6H2,1-2H3. The van der Waals surface area contributed by atoms with Gasteiger partial charge in [-0.2, -0.15) is 0 Å². The highest BCUT2D eigenvalue weighted by molar-refractivity contribution is 9.10. The first-order valence-corrected chi connectivity index (χ1v) is 6.44. The molecule has 1 aliphatic rings. The van der Waals surface area contributed by atoms with Crippen molar-refractivity contribution in [1.29, 1.82) is 0 Å². The molecule has 1 fully saturated rings. The normalized spacial score (nSPS) is 24.4. The van der Waals surface area contributed by atoms with Crippen LogP contribution in [0.4, 0.5) is 5.82 Å². The van der Waals surface area contributed by atoms with Crippen LogP contribution in [0.2, 0.25) is 5.02 Å². The first kappa shape index (κ1) is 13.1. The van der Waals surface area contributed by atoms with E-state index in [9.17, 15) is 0 Å². The number of methoxy groups -OCH3 is 2. The fourth-order valence-electron chi connectivity index (χ4n) is 2.01. The summed E-state index contributed by atoms with van der Waals surface area (Å²) in [6.45, 7) is 1.48. The van der Waals surface area contributed by atoms with Crippen LogP contribution in [0.25, 0.3) is 0 Å². The summed E-state index contributed by atoms with van der Waals surface area (Å²) in [6.07, 6.45) is 1.85. The monoisotopic (exact) mass is 320 g/mol. The van der Waals surface area contributed by atoms with E-state index in [-0.39, 0.29) is 12.2 Å². The smallest absolute Gasteiger partial charge is 0.147 e. The third-order valence-corrected chi connectivity index (χ3v) is 3.62. The molecule has 1 saturated heterocycles. The van der Waals surface area contributed by atoms with E-state index < -0.39 is 0 Å². The van der Waals surface area contributed by atoms with E-state index >= 15 is 0 Å². The second-order valence-electron chi connectivity index (χ2n) is 3.91. The second kappa shape index (κ2) is 5.52. The molecule has 2 heterocycles. The summed E-state index contributed by atoms with van der Waals surface area (Å²) in [6, 6.07) is 1.84. The molecule has 0 aliphatic carbocycles. The highest BCUT2D eigenvalue weighted by Crippen LogP contribution is 2.29. The molecular weight excluding hydrogens is 307 g/mol. The topological polar surface area (TPSA) is 34.6 Å². The van der Waals surface area contributed by atoms with Crippen LogP contribution < -0.4 is 4.90 Å². The number of hydrogen-bond donors (Lipinski definition) is 0. The average molecular weight is 322 g/mol. The molecule has 0 spiro atoms. The molecule has 0 bridgehead atoms. The van der Waals surface area contributed by atoms with E-state index in [2.05, 4.69) is 25.8 Å². The molecule has 0 aromatic carbocycles. The van der Waals surface area contributed by atoms with Crippen molar-refractivity contribution in [3.63, 3.8) is 0 Å². The molecule has 1 aliphatic heterocycles. The SMILES string of the molecule is COC1CN(c2ncc(Br)cc2Cl)CC1OC. The summed E-state index contributed by atoms with van der Waals surface area (Å²) in [5, 5.41) is 0.631. The minimum atomic E-state index is 0.0570. The summed E-state index contributed by atoms with van der Waals surface area (Å²) in [5.74, 6) is 0.775. The van der Waals surface area contributed by atoms with Gasteiger partial charge in [0.05, 0.1) is 5.02 Å². The predicted octanol–water partition coefficient (Wildman–Crippen LogP) is 2.35. The van der Waals surface area contributed by atoms with Crippen LogP contribution in [-0.4, -0.2) is 44.5 Å². The van der Waals surface area contributed by atoms with Gasteiger partial charge in [-0.1, -0.05) is 11.6 Å². The van der Waals surface area contributed by atoms with Crippen molar-refractivity contribution in [2.24, 2.45) is 0 Å². The molecule has 0 N–H and O–H groups in total. The van der Waals surface area contributed by atoms with Gasteiger partial charge in [-0.25, -0.2) is 4.98 Å². The molecule has 0 radical (unpaired) electrons. The van der Waals surface area contributed by atoms with Crippen molar-refractivity contribution in [2.75, 3.05) is 32.2 Å². The molecule has 17 heavy (non-hydrogen) atoms. The average Bonchev–Trinajstić information content (AvgIpc) is 2.72. The Hall–Kier alpha value is -0.360. The van der Waals surface area contributed by atoms with Crippen LogP contribution in [0.15, 0.2) is 16.7 Å². The highest BCUT2D eigenvalue weighted by Gasteiger charge is 2.34. The van der Waals surface area contributed by atoms with Gasteiger partial charge in [0.2, 0.25) is 0 Å². The molecule has 1 aromatic heterocycles. The van der Waals surface area contributed by atoms with Crippen LogP contribution in [0.5, 0.6) is 0 Å². The van der Waals surface area contributed by atoms with Gasteiger partial charge in [0, 0.05) is 38.0 Å². The predicted molar refractivity (Wildman–Crippen MR) is 70.8 cm³/mol. The number of anilines is 1. The lowest BCUT2D eigenvalue weighted by atomic mass is 10.3. The summed E-state index contributed by atoms with van der Waals surface area (Å²) < 4.78 is 11.6. The molecule has 0 amide bonds. The van der Waals surface area contributed by atoms with Crippen molar-refractivity contribution < 1.29 is 9.47 Å². The number of aromatic nitrogens is 1. The van der Waals surface area contributed by atoms with Gasteiger partial charge in [-0.05, 0) is 22.0 Å². The Morgan fingerprint density at radius 1 is 1.35 bits per heavy atom. The van der Waals surface area contributed by atoms with Crippen molar-refractivity contribution in [1.82, 2.24) is 4.98 Å². The molecule has 2 rings (SSSR count). The van der Waals surface area contributed by atoms with Gasteiger partial charge in [-0.3, -0.25) is 0 Å². The minimum absolute atomic E-state index is 0.0570. The fourth-order valence-corrected chi connectivity index (χ4v) is 2.76. The molecule has 4 nitrogen and oxygen atoms in total. The third-order valence-electron chi connectivity index (χ3n) is 2.91. The zero-order chi connectivity index (χ0) is 12.4. The largest absolute Gasteiger partial charge is 0.377 e. The number of pyridine rings is 1. The molecular formula is C11H14BrClN2O2. The first-order valence-electron chi connectivity index (χ1n) is 5.27. The Balaban J connectivity index is 2.19. The number of hydrogen-bond acceptors (Lipinski definition) is 4. The number of rotatable bonds is 3. The van der Waals surface area contributed by atoms with Gasteiger partial charge in [0.1, 0.15) is 18.0 Å². The summed E-state index contributed by atoms with van der Waals surface area (Å²) in [5.41, 5.74) is 0. The van der Waals surface area contributed by atoms with E-state index in [1.165, 1.54) is 0 Å². The Labute approximate surface area is 114 Å². The van der Waals surface area contributed by atoms with E-state index in [1.807, 2.05) is 6.07 Å². The van der Waals surface area contributed by atoms with Crippen molar-refractivity contribution in [3.05, 3.63) is 21.8 Å². The molecule has 94 valence electrons. The Morgan fingerprint density at radius 2 is 1.94 bits per heavy atom. The fraction of sp³-hybridized carbons (Fsp3) is 0.545. The van der Waals surface area contributed by atoms with Crippen LogP contribution in [0.1, 0.15) is 0 Å². The van der Waals surface area contributed by atoms with Crippen molar-refractivity contribution in [3.8, 4) is 0 Å².